The maximum atomic E-state index is 6.85. The van der Waals surface area contributed by atoms with E-state index in [0.29, 0.717) is 0 Å². The number of rotatable bonds is 4. The van der Waals surface area contributed by atoms with Gasteiger partial charge in [-0.15, -0.1) is 0 Å². The van der Waals surface area contributed by atoms with Crippen LogP contribution in [0.25, 0.3) is 55.0 Å². The lowest BCUT2D eigenvalue weighted by molar-refractivity contribution is 0.660. The molecule has 0 bridgehead atoms. The van der Waals surface area contributed by atoms with Crippen molar-refractivity contribution >= 4 is 49.8 Å². The zero-order valence-electron chi connectivity index (χ0n) is 25.3. The van der Waals surface area contributed by atoms with Crippen LogP contribution in [0.15, 0.2) is 156 Å². The molecule has 1 heterocycles. The summed E-state index contributed by atoms with van der Waals surface area (Å²) in [5.74, 6) is 0. The number of benzene rings is 7. The standard InChI is InChI=1S/C43H31NO/c1-43(2)35-22-11-8-21-33(35)40-36(43)23-14-25-38(40)44(37-24-12-9-18-30(37)28-15-4-3-5-16-28)41-31-19-7-6-17-29(31)27-34-32-20-10-13-26-39(32)45-42(34)41/h3-27H,1-2H3. The van der Waals surface area contributed by atoms with Crippen LogP contribution in [0.5, 0.6) is 0 Å². The van der Waals surface area contributed by atoms with Gasteiger partial charge in [-0.3, -0.25) is 0 Å². The lowest BCUT2D eigenvalue weighted by Crippen LogP contribution is -2.16. The van der Waals surface area contributed by atoms with E-state index in [2.05, 4.69) is 170 Å². The van der Waals surface area contributed by atoms with Crippen LogP contribution >= 0.6 is 0 Å². The predicted octanol–water partition coefficient (Wildman–Crippen LogP) is 12.2. The van der Waals surface area contributed by atoms with Crippen molar-refractivity contribution in [1.29, 1.82) is 0 Å². The fourth-order valence-electron chi connectivity index (χ4n) is 7.55. The average Bonchev–Trinajstić information content (AvgIpc) is 3.57. The number of fused-ring (bicyclic) bond motifs is 7. The number of nitrogens with zero attached hydrogens (tertiary/aromatic N) is 1. The zero-order chi connectivity index (χ0) is 30.1. The summed E-state index contributed by atoms with van der Waals surface area (Å²) in [6.45, 7) is 4.69. The van der Waals surface area contributed by atoms with Crippen LogP contribution < -0.4 is 4.90 Å². The number of hydrogen-bond acceptors (Lipinski definition) is 2. The molecule has 0 saturated carbocycles. The molecule has 0 atom stereocenters. The topological polar surface area (TPSA) is 16.4 Å². The van der Waals surface area contributed by atoms with Gasteiger partial charge in [-0.2, -0.15) is 0 Å². The normalized spacial score (nSPS) is 13.3. The van der Waals surface area contributed by atoms with Gasteiger partial charge in [0.1, 0.15) is 5.58 Å². The minimum absolute atomic E-state index is 0.125. The van der Waals surface area contributed by atoms with Gasteiger partial charge in [0.15, 0.2) is 5.58 Å². The fourth-order valence-corrected chi connectivity index (χ4v) is 7.55. The Morgan fingerprint density at radius 2 is 1.16 bits per heavy atom. The summed E-state index contributed by atoms with van der Waals surface area (Å²) in [6, 6.07) is 54.6. The summed E-state index contributed by atoms with van der Waals surface area (Å²) < 4.78 is 6.85. The molecular formula is C43H31NO. The summed E-state index contributed by atoms with van der Waals surface area (Å²) >= 11 is 0. The molecule has 7 aromatic carbocycles. The van der Waals surface area contributed by atoms with Crippen molar-refractivity contribution in [1.82, 2.24) is 0 Å². The summed E-state index contributed by atoms with van der Waals surface area (Å²) in [4.78, 5) is 2.48. The second-order valence-corrected chi connectivity index (χ2v) is 12.5. The lowest BCUT2D eigenvalue weighted by atomic mass is 9.82. The molecule has 2 heteroatoms. The number of anilines is 3. The van der Waals surface area contributed by atoms with Crippen molar-refractivity contribution in [3.8, 4) is 22.3 Å². The molecule has 214 valence electrons. The van der Waals surface area contributed by atoms with Crippen LogP contribution in [0.1, 0.15) is 25.0 Å². The molecule has 1 aromatic heterocycles. The highest BCUT2D eigenvalue weighted by molar-refractivity contribution is 6.20. The van der Waals surface area contributed by atoms with Crippen LogP contribution in [-0.4, -0.2) is 0 Å². The van der Waals surface area contributed by atoms with Crippen molar-refractivity contribution in [3.63, 3.8) is 0 Å². The summed E-state index contributed by atoms with van der Waals surface area (Å²) in [6.07, 6.45) is 0. The first kappa shape index (κ1) is 25.9. The molecular weight excluding hydrogens is 546 g/mol. The summed E-state index contributed by atoms with van der Waals surface area (Å²) in [7, 11) is 0. The van der Waals surface area contributed by atoms with Crippen LogP contribution in [0, 0.1) is 0 Å². The highest BCUT2D eigenvalue weighted by atomic mass is 16.3. The molecule has 0 N–H and O–H groups in total. The Hall–Kier alpha value is -5.60. The first-order chi connectivity index (χ1) is 22.1. The Labute approximate surface area is 262 Å². The van der Waals surface area contributed by atoms with Crippen molar-refractivity contribution in [2.45, 2.75) is 19.3 Å². The van der Waals surface area contributed by atoms with Gasteiger partial charge >= 0.3 is 0 Å². The van der Waals surface area contributed by atoms with Gasteiger partial charge in [0.2, 0.25) is 0 Å². The van der Waals surface area contributed by atoms with Crippen LogP contribution in [0.4, 0.5) is 17.1 Å². The molecule has 0 unspecified atom stereocenters. The molecule has 0 fully saturated rings. The van der Waals surface area contributed by atoms with E-state index in [9.17, 15) is 0 Å². The molecule has 2 nitrogen and oxygen atoms in total. The molecule has 8 aromatic rings. The van der Waals surface area contributed by atoms with E-state index in [1.807, 2.05) is 0 Å². The van der Waals surface area contributed by atoms with E-state index in [-0.39, 0.29) is 5.41 Å². The molecule has 0 aliphatic heterocycles. The third-order valence-corrected chi connectivity index (χ3v) is 9.64. The monoisotopic (exact) mass is 577 g/mol. The lowest BCUT2D eigenvalue weighted by Gasteiger charge is -2.31. The van der Waals surface area contributed by atoms with Crippen LogP contribution in [0.2, 0.25) is 0 Å². The third kappa shape index (κ3) is 3.76. The summed E-state index contributed by atoms with van der Waals surface area (Å²) in [5, 5.41) is 4.58. The summed E-state index contributed by atoms with van der Waals surface area (Å²) in [5.41, 5.74) is 12.6. The molecule has 9 rings (SSSR count). The highest BCUT2D eigenvalue weighted by Gasteiger charge is 2.38. The van der Waals surface area contributed by atoms with E-state index in [4.69, 9.17) is 4.42 Å². The van der Waals surface area contributed by atoms with E-state index in [0.717, 1.165) is 44.4 Å². The first-order valence-corrected chi connectivity index (χ1v) is 15.6. The Bertz CT molecular complexity index is 2410. The van der Waals surface area contributed by atoms with Gasteiger partial charge in [0.25, 0.3) is 0 Å². The van der Waals surface area contributed by atoms with Gasteiger partial charge in [-0.05, 0) is 51.9 Å². The van der Waals surface area contributed by atoms with E-state index in [1.54, 1.807) is 0 Å². The Morgan fingerprint density at radius 3 is 2.02 bits per heavy atom. The van der Waals surface area contributed by atoms with E-state index >= 15 is 0 Å². The van der Waals surface area contributed by atoms with Crippen LogP contribution in [-0.2, 0) is 5.41 Å². The third-order valence-electron chi connectivity index (χ3n) is 9.64. The number of furan rings is 1. The predicted molar refractivity (Wildman–Crippen MR) is 189 cm³/mol. The quantitative estimate of drug-likeness (QED) is 0.207. The van der Waals surface area contributed by atoms with Crippen molar-refractivity contribution in [2.24, 2.45) is 0 Å². The van der Waals surface area contributed by atoms with Crippen molar-refractivity contribution in [2.75, 3.05) is 4.90 Å². The highest BCUT2D eigenvalue weighted by Crippen LogP contribution is 2.56. The van der Waals surface area contributed by atoms with Crippen molar-refractivity contribution < 1.29 is 4.42 Å². The largest absolute Gasteiger partial charge is 0.454 e. The SMILES string of the molecule is CC1(C)c2ccccc2-c2c(N(c3ccccc3-c3ccccc3)c3c4ccccc4cc4c3oc3ccccc34)cccc21. The molecule has 0 saturated heterocycles. The smallest absolute Gasteiger partial charge is 0.160 e. The van der Waals surface area contributed by atoms with E-state index < -0.39 is 0 Å². The molecule has 45 heavy (non-hydrogen) atoms. The molecule has 1 aliphatic rings. The Kier molecular flexibility index (Phi) is 5.58. The van der Waals surface area contributed by atoms with Crippen molar-refractivity contribution in [3.05, 3.63) is 163 Å². The van der Waals surface area contributed by atoms with Crippen LogP contribution in [0.3, 0.4) is 0 Å². The fraction of sp³-hybridized carbons (Fsp3) is 0.0698. The number of para-hydroxylation sites is 2. The Morgan fingerprint density at radius 1 is 0.511 bits per heavy atom. The maximum Gasteiger partial charge on any atom is 0.160 e. The molecule has 0 spiro atoms. The van der Waals surface area contributed by atoms with Gasteiger partial charge in [-0.1, -0.05) is 141 Å². The van der Waals surface area contributed by atoms with Gasteiger partial charge in [-0.25, -0.2) is 0 Å². The second kappa shape index (κ2) is 9.70. The van der Waals surface area contributed by atoms with E-state index in [1.165, 1.54) is 38.8 Å². The second-order valence-electron chi connectivity index (χ2n) is 12.5. The molecule has 0 amide bonds. The zero-order valence-corrected chi connectivity index (χ0v) is 25.3. The van der Waals surface area contributed by atoms with Gasteiger partial charge in [0, 0.05) is 32.7 Å². The van der Waals surface area contributed by atoms with Gasteiger partial charge < -0.3 is 9.32 Å². The maximum absolute atomic E-state index is 6.85. The average molecular weight is 578 g/mol. The molecule has 1 aliphatic carbocycles. The first-order valence-electron chi connectivity index (χ1n) is 15.6. The Balaban J connectivity index is 1.47. The minimum Gasteiger partial charge on any atom is -0.454 e. The minimum atomic E-state index is -0.125. The molecule has 0 radical (unpaired) electrons. The van der Waals surface area contributed by atoms with Gasteiger partial charge in [0.05, 0.1) is 17.1 Å². The number of hydrogen-bond donors (Lipinski definition) is 0.